The fourth-order valence-electron chi connectivity index (χ4n) is 3.91. The first kappa shape index (κ1) is 19.3. The van der Waals surface area contributed by atoms with Gasteiger partial charge in [0.05, 0.1) is 30.9 Å². The molecule has 30 heavy (non-hydrogen) atoms. The van der Waals surface area contributed by atoms with E-state index in [9.17, 15) is 14.9 Å². The number of carbonyl (C=O) groups is 2. The third kappa shape index (κ3) is 3.20. The number of hydrogen-bond donors (Lipinski definition) is 2. The Morgan fingerprint density at radius 2 is 2.07 bits per heavy atom. The van der Waals surface area contributed by atoms with Gasteiger partial charge < -0.3 is 14.9 Å². The SMILES string of the molecule is COc1ccc(C2C(C#N)=C(N)N(NC(=O)c3ccco3)C3=C2C(=O)CCC3)cc1. The topological polar surface area (TPSA) is 122 Å². The van der Waals surface area contributed by atoms with Crippen molar-refractivity contribution in [2.75, 3.05) is 7.11 Å². The van der Waals surface area contributed by atoms with Crippen LogP contribution in [-0.2, 0) is 4.79 Å². The van der Waals surface area contributed by atoms with Crippen LogP contribution in [0.2, 0.25) is 0 Å². The lowest BCUT2D eigenvalue weighted by atomic mass is 9.76. The number of benzene rings is 1. The Hall–Kier alpha value is -3.99. The Balaban J connectivity index is 1.81. The van der Waals surface area contributed by atoms with Gasteiger partial charge in [-0.05, 0) is 42.7 Å². The summed E-state index contributed by atoms with van der Waals surface area (Å²) in [6.07, 6.45) is 2.95. The number of rotatable bonds is 4. The van der Waals surface area contributed by atoms with E-state index in [0.717, 1.165) is 5.56 Å². The summed E-state index contributed by atoms with van der Waals surface area (Å²) in [6.45, 7) is 0. The van der Waals surface area contributed by atoms with Crippen molar-refractivity contribution in [2.45, 2.75) is 25.2 Å². The second-order valence-corrected chi connectivity index (χ2v) is 7.01. The number of nitriles is 1. The van der Waals surface area contributed by atoms with E-state index in [1.807, 2.05) is 12.1 Å². The van der Waals surface area contributed by atoms with E-state index in [-0.39, 0.29) is 22.9 Å². The third-order valence-electron chi connectivity index (χ3n) is 5.32. The molecule has 2 aromatic rings. The van der Waals surface area contributed by atoms with Crippen LogP contribution in [0.3, 0.4) is 0 Å². The number of nitrogens with zero attached hydrogens (tertiary/aromatic N) is 2. The second-order valence-electron chi connectivity index (χ2n) is 7.01. The molecule has 4 rings (SSSR count). The number of Topliss-reactive ketones (excluding diaryl/α,β-unsaturated/α-hetero) is 1. The van der Waals surface area contributed by atoms with Crippen molar-refractivity contribution in [3.8, 4) is 11.8 Å². The Morgan fingerprint density at radius 1 is 1.30 bits per heavy atom. The predicted octanol–water partition coefficient (Wildman–Crippen LogP) is 2.73. The highest BCUT2D eigenvalue weighted by Crippen LogP contribution is 2.44. The minimum absolute atomic E-state index is 0.0606. The Labute approximate surface area is 173 Å². The molecule has 0 spiro atoms. The van der Waals surface area contributed by atoms with E-state index in [1.165, 1.54) is 17.3 Å². The quantitative estimate of drug-likeness (QED) is 0.803. The van der Waals surface area contributed by atoms with Crippen LogP contribution in [0.15, 0.2) is 69.7 Å². The lowest BCUT2D eigenvalue weighted by molar-refractivity contribution is -0.116. The summed E-state index contributed by atoms with van der Waals surface area (Å²) in [6, 6.07) is 12.4. The van der Waals surface area contributed by atoms with Crippen LogP contribution >= 0.6 is 0 Å². The maximum Gasteiger partial charge on any atom is 0.305 e. The number of hydrazine groups is 1. The second kappa shape index (κ2) is 7.79. The van der Waals surface area contributed by atoms with Crippen LogP contribution in [0.1, 0.15) is 41.3 Å². The number of nitrogens with one attached hydrogen (secondary N) is 1. The molecule has 0 saturated heterocycles. The number of furan rings is 1. The Kier molecular flexibility index (Phi) is 5.02. The minimum Gasteiger partial charge on any atom is -0.497 e. The molecule has 152 valence electrons. The number of nitrogens with two attached hydrogens (primary N) is 1. The van der Waals surface area contributed by atoms with Gasteiger partial charge in [0.25, 0.3) is 0 Å². The zero-order chi connectivity index (χ0) is 21.3. The van der Waals surface area contributed by atoms with E-state index >= 15 is 0 Å². The normalized spacial score (nSPS) is 18.7. The lowest BCUT2D eigenvalue weighted by Gasteiger charge is -2.39. The van der Waals surface area contributed by atoms with Crippen molar-refractivity contribution in [2.24, 2.45) is 5.73 Å². The number of ketones is 1. The predicted molar refractivity (Wildman–Crippen MR) is 106 cm³/mol. The highest BCUT2D eigenvalue weighted by Gasteiger charge is 2.40. The molecule has 2 heterocycles. The van der Waals surface area contributed by atoms with Gasteiger partial charge in [-0.1, -0.05) is 12.1 Å². The van der Waals surface area contributed by atoms with Gasteiger partial charge in [0.1, 0.15) is 11.6 Å². The molecule has 1 aliphatic heterocycles. The van der Waals surface area contributed by atoms with E-state index in [2.05, 4.69) is 11.5 Å². The molecular weight excluding hydrogens is 384 g/mol. The molecule has 1 unspecified atom stereocenters. The largest absolute Gasteiger partial charge is 0.497 e. The van der Waals surface area contributed by atoms with Crippen LogP contribution in [0.25, 0.3) is 0 Å². The van der Waals surface area contributed by atoms with Gasteiger partial charge >= 0.3 is 5.91 Å². The summed E-state index contributed by atoms with van der Waals surface area (Å²) in [5, 5.41) is 11.3. The van der Waals surface area contributed by atoms with Crippen molar-refractivity contribution >= 4 is 11.7 Å². The minimum atomic E-state index is -0.597. The molecule has 3 N–H and O–H groups in total. The maximum atomic E-state index is 13.0. The lowest BCUT2D eigenvalue weighted by Crippen LogP contribution is -2.48. The molecule has 0 radical (unpaired) electrons. The van der Waals surface area contributed by atoms with E-state index in [4.69, 9.17) is 14.9 Å². The van der Waals surface area contributed by atoms with Crippen molar-refractivity contribution in [1.82, 2.24) is 10.4 Å². The monoisotopic (exact) mass is 404 g/mol. The summed E-state index contributed by atoms with van der Waals surface area (Å²) in [5.41, 5.74) is 11.1. The third-order valence-corrected chi connectivity index (χ3v) is 5.32. The standard InChI is InChI=1S/C22H20N4O4/c1-29-14-9-7-13(8-10-14)19-15(12-23)21(24)26(16-4-2-5-17(27)20(16)19)25-22(28)18-6-3-11-30-18/h3,6-11,19H,2,4-5,24H2,1H3,(H,25,28). The van der Waals surface area contributed by atoms with E-state index in [1.54, 1.807) is 25.3 Å². The zero-order valence-corrected chi connectivity index (χ0v) is 16.3. The first-order valence-electron chi connectivity index (χ1n) is 9.49. The van der Waals surface area contributed by atoms with Crippen molar-refractivity contribution in [3.05, 3.63) is 76.6 Å². The highest BCUT2D eigenvalue weighted by molar-refractivity contribution is 6.00. The maximum absolute atomic E-state index is 13.0. The molecule has 8 heteroatoms. The molecule has 2 aliphatic rings. The van der Waals surface area contributed by atoms with Crippen LogP contribution in [0.4, 0.5) is 0 Å². The molecule has 1 aromatic carbocycles. The molecule has 1 amide bonds. The van der Waals surface area contributed by atoms with Crippen molar-refractivity contribution in [1.29, 1.82) is 5.26 Å². The Bertz CT molecular complexity index is 1090. The van der Waals surface area contributed by atoms with Gasteiger partial charge in [-0.2, -0.15) is 5.26 Å². The first-order valence-corrected chi connectivity index (χ1v) is 9.49. The Morgan fingerprint density at radius 3 is 2.70 bits per heavy atom. The van der Waals surface area contributed by atoms with Gasteiger partial charge in [0.2, 0.25) is 0 Å². The van der Waals surface area contributed by atoms with Gasteiger partial charge in [-0.25, -0.2) is 5.01 Å². The zero-order valence-electron chi connectivity index (χ0n) is 16.3. The summed E-state index contributed by atoms with van der Waals surface area (Å²) >= 11 is 0. The summed E-state index contributed by atoms with van der Waals surface area (Å²) in [5.74, 6) is -0.320. The molecule has 0 bridgehead atoms. The molecular formula is C22H20N4O4. The molecule has 0 fully saturated rings. The number of ether oxygens (including phenoxy) is 1. The molecule has 1 aliphatic carbocycles. The molecule has 8 nitrogen and oxygen atoms in total. The summed E-state index contributed by atoms with van der Waals surface area (Å²) < 4.78 is 10.3. The van der Waals surface area contributed by atoms with Crippen LogP contribution in [0, 0.1) is 11.3 Å². The number of amides is 1. The number of allylic oxidation sites excluding steroid dienone is 3. The summed E-state index contributed by atoms with van der Waals surface area (Å²) in [7, 11) is 1.57. The molecule has 1 atom stereocenters. The average Bonchev–Trinajstić information content (AvgIpc) is 3.30. The van der Waals surface area contributed by atoms with Crippen molar-refractivity contribution in [3.63, 3.8) is 0 Å². The van der Waals surface area contributed by atoms with E-state index < -0.39 is 11.8 Å². The van der Waals surface area contributed by atoms with Gasteiger partial charge in [-0.15, -0.1) is 0 Å². The fraction of sp³-hybridized carbons (Fsp3) is 0.227. The number of hydrogen-bond acceptors (Lipinski definition) is 7. The number of methoxy groups -OCH3 is 1. The van der Waals surface area contributed by atoms with Gasteiger partial charge in [-0.3, -0.25) is 15.0 Å². The van der Waals surface area contributed by atoms with Gasteiger partial charge in [0.15, 0.2) is 11.5 Å². The van der Waals surface area contributed by atoms with Crippen LogP contribution < -0.4 is 15.9 Å². The van der Waals surface area contributed by atoms with Crippen LogP contribution in [-0.4, -0.2) is 23.8 Å². The summed E-state index contributed by atoms with van der Waals surface area (Å²) in [4.78, 5) is 25.5. The average molecular weight is 404 g/mol. The number of carbonyl (C=O) groups excluding carboxylic acids is 2. The van der Waals surface area contributed by atoms with Crippen LogP contribution in [0.5, 0.6) is 5.75 Å². The smallest absolute Gasteiger partial charge is 0.305 e. The highest BCUT2D eigenvalue weighted by atomic mass is 16.5. The molecule has 1 aromatic heterocycles. The van der Waals surface area contributed by atoms with Gasteiger partial charge in [0, 0.05) is 17.7 Å². The first-order chi connectivity index (χ1) is 14.5. The van der Waals surface area contributed by atoms with Crippen molar-refractivity contribution < 1.29 is 18.7 Å². The fourth-order valence-corrected chi connectivity index (χ4v) is 3.91. The molecule has 0 saturated carbocycles. The van der Waals surface area contributed by atoms with E-state index in [0.29, 0.717) is 36.3 Å².